The van der Waals surface area contributed by atoms with E-state index in [2.05, 4.69) is 10.6 Å². The van der Waals surface area contributed by atoms with Gasteiger partial charge in [0, 0.05) is 6.42 Å². The van der Waals surface area contributed by atoms with Crippen LogP contribution in [-0.2, 0) is 25.5 Å². The number of hydrogen-bond donors (Lipinski definition) is 2. The van der Waals surface area contributed by atoms with E-state index in [4.69, 9.17) is 4.74 Å². The van der Waals surface area contributed by atoms with Gasteiger partial charge < -0.3 is 10.1 Å². The lowest BCUT2D eigenvalue weighted by Crippen LogP contribution is -2.56. The Kier molecular flexibility index (Phi) is 6.29. The van der Waals surface area contributed by atoms with Crippen molar-refractivity contribution in [1.82, 2.24) is 5.32 Å². The van der Waals surface area contributed by atoms with Crippen molar-refractivity contribution in [3.63, 3.8) is 0 Å². The lowest BCUT2D eigenvalue weighted by atomic mass is 9.92. The quantitative estimate of drug-likeness (QED) is 0.702. The van der Waals surface area contributed by atoms with Crippen LogP contribution in [0, 0.1) is 0 Å². The van der Waals surface area contributed by atoms with Gasteiger partial charge in [-0.15, -0.1) is 0 Å². The van der Waals surface area contributed by atoms with Crippen molar-refractivity contribution in [2.75, 3.05) is 29.9 Å². The minimum Gasteiger partial charge on any atom is -0.465 e. The molecule has 0 saturated heterocycles. The molecule has 1 aliphatic heterocycles. The highest BCUT2D eigenvalue weighted by atomic mass is 16.5. The van der Waals surface area contributed by atoms with Gasteiger partial charge in [-0.2, -0.15) is 0 Å². The van der Waals surface area contributed by atoms with Crippen LogP contribution in [0.2, 0.25) is 0 Å². The number of amides is 2. The van der Waals surface area contributed by atoms with Crippen molar-refractivity contribution >= 4 is 29.2 Å². The Morgan fingerprint density at radius 1 is 1.14 bits per heavy atom. The molecule has 2 aromatic rings. The minimum atomic E-state index is -1.08. The molecule has 2 N–H and O–H groups in total. The zero-order valence-corrected chi connectivity index (χ0v) is 16.6. The maximum absolute atomic E-state index is 12.9. The van der Waals surface area contributed by atoms with E-state index in [-0.39, 0.29) is 31.5 Å². The summed E-state index contributed by atoms with van der Waals surface area (Å²) < 4.78 is 5.24. The van der Waals surface area contributed by atoms with Crippen LogP contribution in [0.5, 0.6) is 0 Å². The Bertz CT molecular complexity index is 900. The smallest absolute Gasteiger partial charge is 0.326 e. The van der Waals surface area contributed by atoms with E-state index >= 15 is 0 Å². The van der Waals surface area contributed by atoms with Gasteiger partial charge in [0.1, 0.15) is 12.1 Å². The van der Waals surface area contributed by atoms with Gasteiger partial charge in [-0.05, 0) is 31.5 Å². The fraction of sp³-hybridized carbons (Fsp3) is 0.318. The van der Waals surface area contributed by atoms with Crippen LogP contribution in [-0.4, -0.2) is 43.0 Å². The van der Waals surface area contributed by atoms with Crippen LogP contribution >= 0.6 is 0 Å². The van der Waals surface area contributed by atoms with E-state index in [0.29, 0.717) is 17.8 Å². The molecule has 0 saturated carbocycles. The van der Waals surface area contributed by atoms with E-state index in [1.165, 1.54) is 4.90 Å². The van der Waals surface area contributed by atoms with E-state index in [9.17, 15) is 14.4 Å². The molecule has 0 bridgehead atoms. The average molecular weight is 395 g/mol. The molecule has 7 heteroatoms. The monoisotopic (exact) mass is 395 g/mol. The van der Waals surface area contributed by atoms with Crippen molar-refractivity contribution in [3.8, 4) is 0 Å². The second kappa shape index (κ2) is 8.87. The molecule has 1 atom stereocenters. The Balaban J connectivity index is 1.76. The van der Waals surface area contributed by atoms with Crippen molar-refractivity contribution in [1.29, 1.82) is 0 Å². The van der Waals surface area contributed by atoms with E-state index in [0.717, 1.165) is 5.56 Å². The molecule has 0 radical (unpaired) electrons. The number of nitrogens with zero attached hydrogens (tertiary/aromatic N) is 1. The normalized spacial score (nSPS) is 15.1. The molecule has 152 valence electrons. The number of carbonyl (C=O) groups excluding carboxylic acids is 3. The lowest BCUT2D eigenvalue weighted by Gasteiger charge is -2.32. The first-order valence-corrected chi connectivity index (χ1v) is 9.58. The van der Waals surface area contributed by atoms with Gasteiger partial charge >= 0.3 is 5.97 Å². The van der Waals surface area contributed by atoms with Gasteiger partial charge in [0.15, 0.2) is 0 Å². The lowest BCUT2D eigenvalue weighted by molar-refractivity contribution is -0.150. The van der Waals surface area contributed by atoms with E-state index < -0.39 is 11.5 Å². The highest BCUT2D eigenvalue weighted by Crippen LogP contribution is 2.28. The molecule has 7 nitrogen and oxygen atoms in total. The standard InChI is InChI=1S/C22H25N3O4/c1-3-29-21(28)22(2,13-16-9-5-4-6-10-16)23-14-20(27)25-15-19(26)24-17-11-7-8-12-18(17)25/h4-12,23H,3,13-15H2,1-2H3,(H,24,26)/t22-/m1/s1. The molecule has 29 heavy (non-hydrogen) atoms. The maximum atomic E-state index is 12.9. The van der Waals surface area contributed by atoms with Gasteiger partial charge in [0.2, 0.25) is 11.8 Å². The molecule has 0 fully saturated rings. The summed E-state index contributed by atoms with van der Waals surface area (Å²) in [6.45, 7) is 3.55. The third-order valence-electron chi connectivity index (χ3n) is 4.83. The highest BCUT2D eigenvalue weighted by molar-refractivity contribution is 6.10. The van der Waals surface area contributed by atoms with Crippen LogP contribution < -0.4 is 15.5 Å². The van der Waals surface area contributed by atoms with Gasteiger partial charge in [0.05, 0.1) is 24.5 Å². The minimum absolute atomic E-state index is 0.0632. The van der Waals surface area contributed by atoms with Gasteiger partial charge in [0.25, 0.3) is 0 Å². The summed E-state index contributed by atoms with van der Waals surface area (Å²) in [5, 5.41) is 5.83. The SMILES string of the molecule is CCOC(=O)[C@@](C)(Cc1ccccc1)NCC(=O)N1CC(=O)Nc2ccccc21. The molecule has 0 unspecified atom stereocenters. The second-order valence-corrected chi connectivity index (χ2v) is 7.11. The molecular weight excluding hydrogens is 370 g/mol. The van der Waals surface area contributed by atoms with Gasteiger partial charge in [-0.25, -0.2) is 0 Å². The zero-order valence-electron chi connectivity index (χ0n) is 16.6. The molecule has 1 aliphatic rings. The average Bonchev–Trinajstić information content (AvgIpc) is 2.72. The van der Waals surface area contributed by atoms with Crippen LogP contribution in [0.4, 0.5) is 11.4 Å². The fourth-order valence-corrected chi connectivity index (χ4v) is 3.32. The predicted octanol–water partition coefficient (Wildman–Crippen LogP) is 2.13. The van der Waals surface area contributed by atoms with Crippen molar-refractivity contribution in [2.45, 2.75) is 25.8 Å². The molecule has 1 heterocycles. The topological polar surface area (TPSA) is 87.7 Å². The fourth-order valence-electron chi connectivity index (χ4n) is 3.32. The number of esters is 1. The van der Waals surface area contributed by atoms with Crippen molar-refractivity contribution < 1.29 is 19.1 Å². The summed E-state index contributed by atoms with van der Waals surface area (Å²) in [6, 6.07) is 16.7. The van der Waals surface area contributed by atoms with Gasteiger partial charge in [-0.1, -0.05) is 42.5 Å². The second-order valence-electron chi connectivity index (χ2n) is 7.11. The summed E-state index contributed by atoms with van der Waals surface area (Å²) in [4.78, 5) is 39.0. The zero-order chi connectivity index (χ0) is 20.9. The van der Waals surface area contributed by atoms with Crippen molar-refractivity contribution in [2.24, 2.45) is 0 Å². The number of hydrogen-bond acceptors (Lipinski definition) is 5. The highest BCUT2D eigenvalue weighted by Gasteiger charge is 2.36. The number of fused-ring (bicyclic) bond motifs is 1. The molecule has 0 aromatic heterocycles. The summed E-state index contributed by atoms with van der Waals surface area (Å²) in [6.07, 6.45) is 0.372. The van der Waals surface area contributed by atoms with E-state index in [1.807, 2.05) is 36.4 Å². The Labute approximate surface area is 170 Å². The molecule has 0 spiro atoms. The maximum Gasteiger partial charge on any atom is 0.326 e. The molecule has 2 amide bonds. The molecule has 0 aliphatic carbocycles. The molecular formula is C22H25N3O4. The summed E-state index contributed by atoms with van der Waals surface area (Å²) in [5.41, 5.74) is 1.10. The number of nitrogens with one attached hydrogen (secondary N) is 2. The Hall–Kier alpha value is -3.19. The number of anilines is 2. The van der Waals surface area contributed by atoms with Crippen LogP contribution in [0.1, 0.15) is 19.4 Å². The molecule has 2 aromatic carbocycles. The molecule has 3 rings (SSSR count). The number of ether oxygens (including phenoxy) is 1. The summed E-state index contributed by atoms with van der Waals surface area (Å²) in [5.74, 6) is -0.973. The van der Waals surface area contributed by atoms with Crippen molar-refractivity contribution in [3.05, 3.63) is 60.2 Å². The van der Waals surface area contributed by atoms with Crippen LogP contribution in [0.25, 0.3) is 0 Å². The van der Waals surface area contributed by atoms with Crippen LogP contribution in [0.15, 0.2) is 54.6 Å². The van der Waals surface area contributed by atoms with E-state index in [1.54, 1.807) is 32.0 Å². The summed E-state index contributed by atoms with van der Waals surface area (Å²) >= 11 is 0. The number of para-hydroxylation sites is 2. The third kappa shape index (κ3) is 4.81. The first-order chi connectivity index (χ1) is 13.9. The Morgan fingerprint density at radius 2 is 1.83 bits per heavy atom. The van der Waals surface area contributed by atoms with Crippen LogP contribution in [0.3, 0.4) is 0 Å². The number of carbonyl (C=O) groups is 3. The first-order valence-electron chi connectivity index (χ1n) is 9.58. The largest absolute Gasteiger partial charge is 0.465 e. The first kappa shape index (κ1) is 20.5. The number of rotatable bonds is 7. The third-order valence-corrected chi connectivity index (χ3v) is 4.83. The summed E-state index contributed by atoms with van der Waals surface area (Å²) in [7, 11) is 0. The van der Waals surface area contributed by atoms with Gasteiger partial charge in [-0.3, -0.25) is 24.6 Å². The number of benzene rings is 2. The predicted molar refractivity (Wildman–Crippen MR) is 111 cm³/mol. The Morgan fingerprint density at radius 3 is 2.55 bits per heavy atom.